The molecule has 0 saturated heterocycles. The number of carbonyl (C=O) groups excluding carboxylic acids is 1. The number of halogens is 1. The van der Waals surface area contributed by atoms with Crippen molar-refractivity contribution in [1.82, 2.24) is 9.88 Å². The number of fused-ring (bicyclic) bond motifs is 4. The Morgan fingerprint density at radius 3 is 2.81 bits per heavy atom. The molecule has 0 bridgehead atoms. The number of non-ortho nitro benzene ring substituents is 1. The first-order valence-electron chi connectivity index (χ1n) is 12.2. The number of aromatic nitrogens is 1. The molecule has 3 aromatic carbocycles. The van der Waals surface area contributed by atoms with Gasteiger partial charge in [-0.15, -0.1) is 0 Å². The Morgan fingerprint density at radius 2 is 1.97 bits per heavy atom. The zero-order valence-electron chi connectivity index (χ0n) is 19.9. The van der Waals surface area contributed by atoms with E-state index in [1.807, 2.05) is 35.2 Å². The number of hydrogen-bond donors (Lipinski definition) is 1. The molecule has 37 heavy (non-hydrogen) atoms. The van der Waals surface area contributed by atoms with Crippen molar-refractivity contribution in [2.45, 2.75) is 31.4 Å². The predicted octanol–water partition coefficient (Wildman–Crippen LogP) is 5.96. The van der Waals surface area contributed by atoms with E-state index in [-0.39, 0.29) is 23.7 Å². The third kappa shape index (κ3) is 4.25. The minimum Gasteiger partial charge on any atom is -0.487 e. The summed E-state index contributed by atoms with van der Waals surface area (Å²) in [4.78, 5) is 29.7. The molecule has 8 heteroatoms. The zero-order valence-corrected chi connectivity index (χ0v) is 20.6. The number of nitro groups is 1. The number of nitrogens with one attached hydrogen (secondary N) is 1. The van der Waals surface area contributed by atoms with Gasteiger partial charge in [-0.3, -0.25) is 14.9 Å². The summed E-state index contributed by atoms with van der Waals surface area (Å²) in [6.45, 7) is 0.566. The van der Waals surface area contributed by atoms with Crippen molar-refractivity contribution in [3.05, 3.63) is 116 Å². The minimum absolute atomic E-state index is 0.0282. The van der Waals surface area contributed by atoms with Crippen molar-refractivity contribution in [2.24, 2.45) is 0 Å². The highest BCUT2D eigenvalue weighted by atomic mass is 35.5. The summed E-state index contributed by atoms with van der Waals surface area (Å²) in [7, 11) is 0. The van der Waals surface area contributed by atoms with Gasteiger partial charge in [0.15, 0.2) is 0 Å². The van der Waals surface area contributed by atoms with Crippen LogP contribution >= 0.6 is 11.6 Å². The molecular formula is C29H24ClN3O4. The Balaban J connectivity index is 1.30. The summed E-state index contributed by atoms with van der Waals surface area (Å²) in [5.74, 6) is 0.731. The van der Waals surface area contributed by atoms with E-state index in [1.165, 1.54) is 35.2 Å². The minimum atomic E-state index is -0.454. The summed E-state index contributed by atoms with van der Waals surface area (Å²) in [6, 6.07) is 20.3. The summed E-state index contributed by atoms with van der Waals surface area (Å²) in [6.07, 6.45) is 4.81. The lowest BCUT2D eigenvalue weighted by atomic mass is 9.91. The van der Waals surface area contributed by atoms with Gasteiger partial charge in [-0.2, -0.15) is 0 Å². The van der Waals surface area contributed by atoms with Gasteiger partial charge in [0.25, 0.3) is 5.69 Å². The average molecular weight is 514 g/mol. The Kier molecular flexibility index (Phi) is 5.93. The number of benzene rings is 3. The van der Waals surface area contributed by atoms with E-state index in [0.29, 0.717) is 30.0 Å². The Morgan fingerprint density at radius 1 is 1.16 bits per heavy atom. The molecule has 1 N–H and O–H groups in total. The molecule has 1 aromatic heterocycles. The second-order valence-electron chi connectivity index (χ2n) is 9.40. The fourth-order valence-electron chi connectivity index (χ4n) is 5.50. The first-order valence-corrected chi connectivity index (χ1v) is 12.6. The maximum atomic E-state index is 13.5. The van der Waals surface area contributed by atoms with Crippen LogP contribution in [-0.4, -0.2) is 33.4 Å². The fraction of sp³-hybridized carbons (Fsp3) is 0.207. The predicted molar refractivity (Wildman–Crippen MR) is 142 cm³/mol. The number of para-hydroxylation sites is 2. The standard InChI is InChI=1S/C29H24ClN3O4/c30-23-13-12-20(33(35)36)16-18(23)7-5-11-27(34)32-15-14-22-21-8-2-3-9-24(21)31-28(22)29(32)26-17-19-6-1-4-10-25(19)37-26/h1-6,8-13,16,26,29,31H,7,14-15,17H2. The number of ether oxygens (including phenoxy) is 1. The normalized spacial score (nSPS) is 18.6. The maximum Gasteiger partial charge on any atom is 0.269 e. The van der Waals surface area contributed by atoms with E-state index >= 15 is 0 Å². The van der Waals surface area contributed by atoms with Gasteiger partial charge in [0.1, 0.15) is 17.9 Å². The van der Waals surface area contributed by atoms with Gasteiger partial charge in [-0.1, -0.05) is 54.1 Å². The van der Waals surface area contributed by atoms with Crippen molar-refractivity contribution in [3.8, 4) is 5.75 Å². The first-order chi connectivity index (χ1) is 18.0. The number of nitrogens with zero attached hydrogens (tertiary/aromatic N) is 2. The number of aromatic amines is 1. The number of amides is 1. The highest BCUT2D eigenvalue weighted by Gasteiger charge is 2.41. The van der Waals surface area contributed by atoms with Gasteiger partial charge in [-0.05, 0) is 53.8 Å². The van der Waals surface area contributed by atoms with Crippen LogP contribution in [0.3, 0.4) is 0 Å². The van der Waals surface area contributed by atoms with Crippen LogP contribution in [0.5, 0.6) is 5.75 Å². The Hall–Kier alpha value is -4.10. The molecule has 0 spiro atoms. The van der Waals surface area contributed by atoms with Gasteiger partial charge in [-0.25, -0.2) is 0 Å². The Bertz CT molecular complexity index is 1540. The molecule has 4 aromatic rings. The van der Waals surface area contributed by atoms with Crippen molar-refractivity contribution < 1.29 is 14.5 Å². The average Bonchev–Trinajstić information content (AvgIpc) is 3.50. The molecule has 186 valence electrons. The molecule has 2 unspecified atom stereocenters. The van der Waals surface area contributed by atoms with Gasteiger partial charge in [0.2, 0.25) is 5.91 Å². The highest BCUT2D eigenvalue weighted by Crippen LogP contribution is 2.42. The van der Waals surface area contributed by atoms with E-state index in [0.717, 1.165) is 28.9 Å². The number of rotatable bonds is 5. The van der Waals surface area contributed by atoms with E-state index in [9.17, 15) is 14.9 Å². The molecule has 3 heterocycles. The van der Waals surface area contributed by atoms with Crippen molar-refractivity contribution in [2.75, 3.05) is 6.54 Å². The van der Waals surface area contributed by atoms with Crippen LogP contribution in [0.2, 0.25) is 5.02 Å². The van der Waals surface area contributed by atoms with Crippen molar-refractivity contribution in [1.29, 1.82) is 0 Å². The molecule has 0 fully saturated rings. The quantitative estimate of drug-likeness (QED) is 0.203. The fourth-order valence-corrected chi connectivity index (χ4v) is 5.70. The van der Waals surface area contributed by atoms with Gasteiger partial charge in [0, 0.05) is 46.7 Å². The number of nitro benzene ring substituents is 1. The molecule has 0 aliphatic carbocycles. The molecule has 7 nitrogen and oxygen atoms in total. The number of allylic oxidation sites excluding steroid dienone is 1. The van der Waals surface area contributed by atoms with E-state index in [2.05, 4.69) is 23.2 Å². The van der Waals surface area contributed by atoms with Crippen LogP contribution in [0, 0.1) is 10.1 Å². The third-order valence-electron chi connectivity index (χ3n) is 7.23. The highest BCUT2D eigenvalue weighted by molar-refractivity contribution is 6.31. The van der Waals surface area contributed by atoms with Crippen LogP contribution in [0.25, 0.3) is 10.9 Å². The lowest BCUT2D eigenvalue weighted by Crippen LogP contribution is -2.46. The largest absolute Gasteiger partial charge is 0.487 e. The van der Waals surface area contributed by atoms with Crippen LogP contribution < -0.4 is 4.74 Å². The molecular weight excluding hydrogens is 490 g/mol. The van der Waals surface area contributed by atoms with Crippen molar-refractivity contribution in [3.63, 3.8) is 0 Å². The second kappa shape index (κ2) is 9.41. The smallest absolute Gasteiger partial charge is 0.269 e. The molecule has 2 aliphatic heterocycles. The molecule has 2 aliphatic rings. The summed E-state index contributed by atoms with van der Waals surface area (Å²) >= 11 is 6.24. The van der Waals surface area contributed by atoms with E-state index < -0.39 is 4.92 Å². The summed E-state index contributed by atoms with van der Waals surface area (Å²) in [5.41, 5.74) is 5.02. The van der Waals surface area contributed by atoms with Crippen LogP contribution in [0.1, 0.15) is 28.4 Å². The van der Waals surface area contributed by atoms with Gasteiger partial charge in [0.05, 0.1) is 4.92 Å². The lowest BCUT2D eigenvalue weighted by Gasteiger charge is -2.38. The van der Waals surface area contributed by atoms with Crippen LogP contribution in [0.15, 0.2) is 78.9 Å². The molecule has 0 saturated carbocycles. The van der Waals surface area contributed by atoms with E-state index in [4.69, 9.17) is 16.3 Å². The molecule has 2 atom stereocenters. The maximum absolute atomic E-state index is 13.5. The van der Waals surface area contributed by atoms with Crippen LogP contribution in [0.4, 0.5) is 5.69 Å². The van der Waals surface area contributed by atoms with Gasteiger partial charge < -0.3 is 14.6 Å². The number of H-pyrrole nitrogens is 1. The Labute approximate surface area is 218 Å². The second-order valence-corrected chi connectivity index (χ2v) is 9.80. The van der Waals surface area contributed by atoms with Crippen molar-refractivity contribution >= 4 is 34.1 Å². The number of carbonyl (C=O) groups is 1. The first kappa shape index (κ1) is 23.3. The molecule has 0 radical (unpaired) electrons. The van der Waals surface area contributed by atoms with Gasteiger partial charge >= 0.3 is 0 Å². The zero-order chi connectivity index (χ0) is 25.5. The third-order valence-corrected chi connectivity index (χ3v) is 7.60. The molecule has 6 rings (SSSR count). The molecule has 1 amide bonds. The summed E-state index contributed by atoms with van der Waals surface area (Å²) < 4.78 is 6.39. The number of hydrogen-bond acceptors (Lipinski definition) is 4. The lowest BCUT2D eigenvalue weighted by molar-refractivity contribution is -0.384. The SMILES string of the molecule is O=C(C=CCc1cc([N+](=O)[O-])ccc1Cl)N1CCc2c([nH]c3ccccc23)C1C1Cc2ccccc2O1. The monoisotopic (exact) mass is 513 g/mol. The van der Waals surface area contributed by atoms with Crippen LogP contribution in [-0.2, 0) is 24.1 Å². The summed E-state index contributed by atoms with van der Waals surface area (Å²) in [5, 5.41) is 12.7. The van der Waals surface area contributed by atoms with E-state index in [1.54, 1.807) is 6.08 Å². The topological polar surface area (TPSA) is 88.5 Å².